The first-order chi connectivity index (χ1) is 9.88. The van der Waals surface area contributed by atoms with Gasteiger partial charge in [-0.1, -0.05) is 6.92 Å². The summed E-state index contributed by atoms with van der Waals surface area (Å²) in [5.41, 5.74) is 0. The van der Waals surface area contributed by atoms with Gasteiger partial charge in [-0.3, -0.25) is 14.4 Å². The quantitative estimate of drug-likeness (QED) is 0.810. The van der Waals surface area contributed by atoms with Crippen molar-refractivity contribution in [2.75, 3.05) is 6.54 Å². The topological polar surface area (TPSA) is 86.7 Å². The molecule has 2 N–H and O–H groups in total. The number of carbonyl (C=O) groups is 3. The van der Waals surface area contributed by atoms with Gasteiger partial charge in [0.05, 0.1) is 5.92 Å². The number of amides is 2. The fourth-order valence-electron chi connectivity index (χ4n) is 3.21. The zero-order valence-electron chi connectivity index (χ0n) is 12.7. The second-order valence-corrected chi connectivity index (χ2v) is 6.43. The van der Waals surface area contributed by atoms with Crippen LogP contribution in [0, 0.1) is 11.8 Å². The third kappa shape index (κ3) is 3.74. The molecule has 118 valence electrons. The molecule has 1 aliphatic carbocycles. The van der Waals surface area contributed by atoms with E-state index in [9.17, 15) is 14.4 Å². The molecule has 6 heteroatoms. The molecule has 1 heterocycles. The molecular formula is C15H24N2O4. The van der Waals surface area contributed by atoms with Crippen molar-refractivity contribution in [1.82, 2.24) is 10.2 Å². The molecule has 21 heavy (non-hydrogen) atoms. The predicted molar refractivity (Wildman–Crippen MR) is 76.5 cm³/mol. The molecule has 1 saturated heterocycles. The van der Waals surface area contributed by atoms with Crippen LogP contribution in [0.2, 0.25) is 0 Å². The van der Waals surface area contributed by atoms with Crippen molar-refractivity contribution in [3.05, 3.63) is 0 Å². The second kappa shape index (κ2) is 6.45. The first-order valence-corrected chi connectivity index (χ1v) is 7.71. The van der Waals surface area contributed by atoms with Gasteiger partial charge in [-0.05, 0) is 38.5 Å². The minimum Gasteiger partial charge on any atom is -0.480 e. The summed E-state index contributed by atoms with van der Waals surface area (Å²) in [6, 6.07) is -0.666. The van der Waals surface area contributed by atoms with Crippen molar-refractivity contribution in [2.24, 2.45) is 11.8 Å². The molecule has 2 rings (SSSR count). The molecule has 0 radical (unpaired) electrons. The molecule has 0 bridgehead atoms. The molecule has 2 amide bonds. The van der Waals surface area contributed by atoms with Crippen LogP contribution in [-0.4, -0.2) is 46.4 Å². The van der Waals surface area contributed by atoms with Gasteiger partial charge in [0.25, 0.3) is 0 Å². The molecule has 1 saturated carbocycles. The summed E-state index contributed by atoms with van der Waals surface area (Å²) in [7, 11) is 0. The molecule has 2 aliphatic rings. The zero-order chi connectivity index (χ0) is 15.6. The van der Waals surface area contributed by atoms with E-state index in [1.165, 1.54) is 6.92 Å². The van der Waals surface area contributed by atoms with Crippen LogP contribution in [0.15, 0.2) is 0 Å². The molecule has 2 fully saturated rings. The number of carboxylic acid groups (broad SMARTS) is 1. The maximum Gasteiger partial charge on any atom is 0.325 e. The molecule has 0 aromatic rings. The van der Waals surface area contributed by atoms with Gasteiger partial charge in [-0.15, -0.1) is 0 Å². The highest BCUT2D eigenvalue weighted by molar-refractivity contribution is 5.91. The number of likely N-dealkylation sites (tertiary alicyclic amines) is 1. The summed E-state index contributed by atoms with van der Waals surface area (Å²) in [4.78, 5) is 36.8. The highest BCUT2D eigenvalue weighted by Crippen LogP contribution is 2.31. The fourth-order valence-corrected chi connectivity index (χ4v) is 3.21. The zero-order valence-corrected chi connectivity index (χ0v) is 12.7. The standard InChI is InChI=1S/C15H24N2O4/c1-9-3-5-12(6-4-9)17-8-11(7-13(17)18)14(19)16-10(2)15(20)21/h9-12H,3-8H2,1-2H3,(H,16,19)(H,20,21)/t9?,10-,11?,12?/m1/s1. The van der Waals surface area contributed by atoms with Crippen LogP contribution in [0.4, 0.5) is 0 Å². The lowest BCUT2D eigenvalue weighted by atomic mass is 9.87. The van der Waals surface area contributed by atoms with Crippen LogP contribution in [0.5, 0.6) is 0 Å². The van der Waals surface area contributed by atoms with Gasteiger partial charge >= 0.3 is 5.97 Å². The predicted octanol–water partition coefficient (Wildman–Crippen LogP) is 1.00. The van der Waals surface area contributed by atoms with Crippen LogP contribution in [0.1, 0.15) is 46.0 Å². The molecule has 1 unspecified atom stereocenters. The van der Waals surface area contributed by atoms with Crippen molar-refractivity contribution in [2.45, 2.75) is 58.0 Å². The van der Waals surface area contributed by atoms with Gasteiger partial charge in [0.1, 0.15) is 6.04 Å². The third-order valence-electron chi connectivity index (χ3n) is 4.68. The molecular weight excluding hydrogens is 272 g/mol. The number of hydrogen-bond acceptors (Lipinski definition) is 3. The van der Waals surface area contributed by atoms with E-state index in [1.807, 2.05) is 4.90 Å². The second-order valence-electron chi connectivity index (χ2n) is 6.43. The van der Waals surface area contributed by atoms with Gasteiger partial charge in [0.2, 0.25) is 11.8 Å². The molecule has 2 atom stereocenters. The first kappa shape index (κ1) is 15.8. The first-order valence-electron chi connectivity index (χ1n) is 7.71. The van der Waals surface area contributed by atoms with Crippen LogP contribution in [0.25, 0.3) is 0 Å². The van der Waals surface area contributed by atoms with Gasteiger partial charge < -0.3 is 15.3 Å². The molecule has 0 spiro atoms. The fraction of sp³-hybridized carbons (Fsp3) is 0.800. The minimum absolute atomic E-state index is 0.0256. The van der Waals surface area contributed by atoms with Crippen LogP contribution in [0.3, 0.4) is 0 Å². The Kier molecular flexibility index (Phi) is 4.85. The van der Waals surface area contributed by atoms with E-state index in [1.54, 1.807) is 0 Å². The van der Waals surface area contributed by atoms with Gasteiger partial charge in [0, 0.05) is 19.0 Å². The normalized spacial score (nSPS) is 31.0. The summed E-state index contributed by atoms with van der Waals surface area (Å²) in [5, 5.41) is 11.3. The average Bonchev–Trinajstić information content (AvgIpc) is 2.81. The van der Waals surface area contributed by atoms with E-state index in [0.717, 1.165) is 31.6 Å². The van der Waals surface area contributed by atoms with Crippen molar-refractivity contribution >= 4 is 17.8 Å². The van der Waals surface area contributed by atoms with E-state index < -0.39 is 17.9 Å². The number of carboxylic acids is 1. The Balaban J connectivity index is 1.90. The number of hydrogen-bond donors (Lipinski definition) is 2. The Labute approximate surface area is 124 Å². The Morgan fingerprint density at radius 1 is 1.29 bits per heavy atom. The van der Waals surface area contributed by atoms with Crippen molar-refractivity contribution in [3.63, 3.8) is 0 Å². The Hall–Kier alpha value is -1.59. The van der Waals surface area contributed by atoms with E-state index in [0.29, 0.717) is 6.54 Å². The molecule has 0 aromatic heterocycles. The number of nitrogens with zero attached hydrogens (tertiary/aromatic N) is 1. The highest BCUT2D eigenvalue weighted by Gasteiger charge is 2.39. The summed E-state index contributed by atoms with van der Waals surface area (Å²) < 4.78 is 0. The largest absolute Gasteiger partial charge is 0.480 e. The lowest BCUT2D eigenvalue weighted by Crippen LogP contribution is -2.43. The van der Waals surface area contributed by atoms with Crippen molar-refractivity contribution in [3.8, 4) is 0 Å². The average molecular weight is 296 g/mol. The SMILES string of the molecule is CC1CCC(N2CC(C(=O)N[C@H](C)C(=O)O)CC2=O)CC1. The van der Waals surface area contributed by atoms with E-state index >= 15 is 0 Å². The number of rotatable bonds is 4. The lowest BCUT2D eigenvalue weighted by Gasteiger charge is -2.33. The van der Waals surface area contributed by atoms with Crippen LogP contribution >= 0.6 is 0 Å². The smallest absolute Gasteiger partial charge is 0.325 e. The Morgan fingerprint density at radius 3 is 2.48 bits per heavy atom. The summed E-state index contributed by atoms with van der Waals surface area (Å²) >= 11 is 0. The number of carbonyl (C=O) groups excluding carboxylic acids is 2. The summed E-state index contributed by atoms with van der Waals surface area (Å²) in [6.45, 7) is 4.08. The van der Waals surface area contributed by atoms with E-state index in [2.05, 4.69) is 12.2 Å². The molecule has 0 aromatic carbocycles. The Bertz CT molecular complexity index is 429. The Morgan fingerprint density at radius 2 is 1.90 bits per heavy atom. The summed E-state index contributed by atoms with van der Waals surface area (Å²) in [6.07, 6.45) is 4.46. The number of nitrogens with one attached hydrogen (secondary N) is 1. The van der Waals surface area contributed by atoms with Crippen LogP contribution < -0.4 is 5.32 Å². The highest BCUT2D eigenvalue weighted by atomic mass is 16.4. The van der Waals surface area contributed by atoms with Crippen molar-refractivity contribution in [1.29, 1.82) is 0 Å². The van der Waals surface area contributed by atoms with E-state index in [-0.39, 0.29) is 24.3 Å². The van der Waals surface area contributed by atoms with E-state index in [4.69, 9.17) is 5.11 Å². The maximum absolute atomic E-state index is 12.1. The third-order valence-corrected chi connectivity index (χ3v) is 4.68. The summed E-state index contributed by atoms with van der Waals surface area (Å²) in [5.74, 6) is -1.07. The lowest BCUT2D eigenvalue weighted by molar-refractivity contribution is -0.141. The van der Waals surface area contributed by atoms with Gasteiger partial charge in [-0.2, -0.15) is 0 Å². The molecule has 6 nitrogen and oxygen atoms in total. The van der Waals surface area contributed by atoms with Gasteiger partial charge in [-0.25, -0.2) is 0 Å². The number of aliphatic carboxylic acids is 1. The monoisotopic (exact) mass is 296 g/mol. The minimum atomic E-state index is -1.06. The van der Waals surface area contributed by atoms with Crippen molar-refractivity contribution < 1.29 is 19.5 Å². The maximum atomic E-state index is 12.1. The van der Waals surface area contributed by atoms with Gasteiger partial charge in [0.15, 0.2) is 0 Å². The molecule has 1 aliphatic heterocycles. The van der Waals surface area contributed by atoms with Crippen LogP contribution in [-0.2, 0) is 14.4 Å².